The predicted molar refractivity (Wildman–Crippen MR) is 140 cm³/mol. The second kappa shape index (κ2) is 10.6. The molecule has 1 aromatic heterocycles. The highest BCUT2D eigenvalue weighted by molar-refractivity contribution is 5.91. The van der Waals surface area contributed by atoms with Crippen LogP contribution in [0.5, 0.6) is 5.75 Å². The van der Waals surface area contributed by atoms with Crippen LogP contribution >= 0.6 is 0 Å². The van der Waals surface area contributed by atoms with Gasteiger partial charge in [0.2, 0.25) is 11.8 Å². The van der Waals surface area contributed by atoms with Gasteiger partial charge < -0.3 is 24.1 Å². The van der Waals surface area contributed by atoms with E-state index in [1.165, 1.54) is 17.4 Å². The lowest BCUT2D eigenvalue weighted by Crippen LogP contribution is -2.41. The zero-order chi connectivity index (χ0) is 26.1. The van der Waals surface area contributed by atoms with Gasteiger partial charge in [-0.2, -0.15) is 0 Å². The number of hydrogen-bond acceptors (Lipinski definition) is 6. The zero-order valence-corrected chi connectivity index (χ0v) is 21.7. The Morgan fingerprint density at radius 3 is 2.74 bits per heavy atom. The molecule has 2 atom stereocenters. The van der Waals surface area contributed by atoms with Gasteiger partial charge in [0.1, 0.15) is 12.0 Å². The van der Waals surface area contributed by atoms with Crippen LogP contribution in [0, 0.1) is 12.8 Å². The molecule has 0 unspecified atom stereocenters. The molecule has 3 aliphatic rings. The third-order valence-electron chi connectivity index (χ3n) is 7.61. The van der Waals surface area contributed by atoms with Crippen LogP contribution in [0.2, 0.25) is 0 Å². The fraction of sp³-hybridized carbons (Fsp3) is 0.433. The molecule has 1 N–H and O–H groups in total. The summed E-state index contributed by atoms with van der Waals surface area (Å²) < 4.78 is 17.1. The highest BCUT2D eigenvalue weighted by Gasteiger charge is 2.39. The first-order valence-corrected chi connectivity index (χ1v) is 13.5. The maximum Gasteiger partial charge on any atom is 0.273 e. The summed E-state index contributed by atoms with van der Waals surface area (Å²) in [6.07, 6.45) is 6.18. The second-order valence-electron chi connectivity index (χ2n) is 10.5. The molecule has 2 aliphatic heterocycles. The Balaban J connectivity index is 1.16. The van der Waals surface area contributed by atoms with E-state index in [0.29, 0.717) is 18.2 Å². The van der Waals surface area contributed by atoms with Crippen LogP contribution < -0.4 is 10.1 Å². The van der Waals surface area contributed by atoms with Gasteiger partial charge >= 0.3 is 0 Å². The summed E-state index contributed by atoms with van der Waals surface area (Å²) in [5, 5.41) is 2.85. The third-order valence-corrected chi connectivity index (χ3v) is 7.61. The highest BCUT2D eigenvalue weighted by atomic mass is 16.5. The van der Waals surface area contributed by atoms with Crippen LogP contribution in [0.3, 0.4) is 0 Å². The van der Waals surface area contributed by atoms with Crippen molar-refractivity contribution in [1.29, 1.82) is 0 Å². The Kier molecular flexibility index (Phi) is 6.89. The van der Waals surface area contributed by atoms with Crippen molar-refractivity contribution in [2.45, 2.75) is 57.8 Å². The van der Waals surface area contributed by atoms with Crippen LogP contribution in [-0.4, -0.2) is 47.5 Å². The van der Waals surface area contributed by atoms with Crippen molar-refractivity contribution in [3.63, 3.8) is 0 Å². The molecule has 3 aromatic rings. The fourth-order valence-electron chi connectivity index (χ4n) is 5.32. The number of fused-ring (bicyclic) bond motifs is 1. The normalized spacial score (nSPS) is 20.7. The van der Waals surface area contributed by atoms with E-state index in [0.717, 1.165) is 56.4 Å². The third kappa shape index (κ3) is 5.31. The first-order chi connectivity index (χ1) is 18.5. The molecule has 198 valence electrons. The molecule has 1 saturated heterocycles. The predicted octanol–water partition coefficient (Wildman–Crippen LogP) is 4.35. The Labute approximate surface area is 222 Å². The van der Waals surface area contributed by atoms with Crippen molar-refractivity contribution >= 4 is 11.8 Å². The topological polar surface area (TPSA) is 93.9 Å². The second-order valence-corrected chi connectivity index (χ2v) is 10.5. The van der Waals surface area contributed by atoms with Gasteiger partial charge in [-0.05, 0) is 67.9 Å². The van der Waals surface area contributed by atoms with Crippen LogP contribution in [-0.2, 0) is 22.6 Å². The van der Waals surface area contributed by atoms with Gasteiger partial charge in [-0.15, -0.1) is 0 Å². The van der Waals surface area contributed by atoms with Crippen molar-refractivity contribution in [2.75, 3.05) is 19.7 Å². The molecule has 8 nitrogen and oxygen atoms in total. The van der Waals surface area contributed by atoms with Gasteiger partial charge in [0.15, 0.2) is 12.3 Å². The van der Waals surface area contributed by atoms with Gasteiger partial charge in [-0.3, -0.25) is 9.59 Å². The van der Waals surface area contributed by atoms with E-state index in [-0.39, 0.29) is 42.2 Å². The zero-order valence-electron chi connectivity index (χ0n) is 21.7. The quantitative estimate of drug-likeness (QED) is 0.479. The molecular weight excluding hydrogens is 482 g/mol. The standard InChI is InChI=1S/C30H33N3O5/c1-19-4-6-21(7-5-19)28-25-15-23(11-10-20(25)12-13-33(28)30(35)22-8-9-22)37-18-27-32-26(17-38-27)29(34)31-16-24-3-2-14-36-24/h4-7,10-11,15,17,22,24,28H,2-3,8-9,12-14,16,18H2,1H3,(H,31,34)/t24-,28+/m0/s1. The smallest absolute Gasteiger partial charge is 0.273 e. The molecule has 2 fully saturated rings. The first kappa shape index (κ1) is 24.7. The number of oxazole rings is 1. The number of nitrogens with one attached hydrogen (secondary N) is 1. The van der Waals surface area contributed by atoms with Crippen molar-refractivity contribution < 1.29 is 23.5 Å². The van der Waals surface area contributed by atoms with Crippen LogP contribution in [0.1, 0.15) is 70.4 Å². The van der Waals surface area contributed by atoms with Crippen LogP contribution in [0.25, 0.3) is 0 Å². The van der Waals surface area contributed by atoms with E-state index in [4.69, 9.17) is 13.9 Å². The molecule has 1 saturated carbocycles. The SMILES string of the molecule is Cc1ccc([C@@H]2c3cc(OCc4nc(C(=O)NC[C@@H]5CCCO5)co4)ccc3CCN2C(=O)C2CC2)cc1. The van der Waals surface area contributed by atoms with Gasteiger partial charge in [0.05, 0.1) is 12.1 Å². The summed E-state index contributed by atoms with van der Waals surface area (Å²) in [6, 6.07) is 14.4. The number of rotatable bonds is 8. The number of aromatic nitrogens is 1. The summed E-state index contributed by atoms with van der Waals surface area (Å²) in [5.74, 6) is 1.11. The van der Waals surface area contributed by atoms with Gasteiger partial charge in [-0.25, -0.2) is 4.98 Å². The van der Waals surface area contributed by atoms with Gasteiger partial charge in [-0.1, -0.05) is 35.9 Å². The Bertz CT molecular complexity index is 1310. The number of amides is 2. The largest absolute Gasteiger partial charge is 0.484 e. The van der Waals surface area contributed by atoms with Gasteiger partial charge in [0.25, 0.3) is 5.91 Å². The highest BCUT2D eigenvalue weighted by Crippen LogP contribution is 2.41. The Hall–Kier alpha value is -3.65. The maximum absolute atomic E-state index is 13.2. The summed E-state index contributed by atoms with van der Waals surface area (Å²) in [7, 11) is 0. The summed E-state index contributed by atoms with van der Waals surface area (Å²) in [6.45, 7) is 4.09. The van der Waals surface area contributed by atoms with E-state index >= 15 is 0 Å². The molecule has 2 amide bonds. The number of benzene rings is 2. The van der Waals surface area contributed by atoms with Crippen LogP contribution in [0.4, 0.5) is 0 Å². The lowest BCUT2D eigenvalue weighted by Gasteiger charge is -2.38. The van der Waals surface area contributed by atoms with Crippen molar-refractivity contribution in [2.24, 2.45) is 5.92 Å². The van der Waals surface area contributed by atoms with Crippen molar-refractivity contribution in [3.05, 3.63) is 82.6 Å². The molecule has 0 radical (unpaired) electrons. The lowest BCUT2D eigenvalue weighted by atomic mass is 9.87. The Morgan fingerprint density at radius 1 is 1.13 bits per heavy atom. The number of carbonyl (C=O) groups excluding carboxylic acids is 2. The minimum Gasteiger partial charge on any atom is -0.484 e. The number of hydrogen-bond donors (Lipinski definition) is 1. The van der Waals surface area contributed by atoms with Crippen molar-refractivity contribution in [3.8, 4) is 5.75 Å². The molecule has 38 heavy (non-hydrogen) atoms. The summed E-state index contributed by atoms with van der Waals surface area (Å²) in [4.78, 5) is 32.0. The van der Waals surface area contributed by atoms with E-state index in [1.807, 2.05) is 17.0 Å². The van der Waals surface area contributed by atoms with Crippen LogP contribution in [0.15, 0.2) is 53.1 Å². The molecule has 1 aliphatic carbocycles. The molecule has 0 spiro atoms. The Morgan fingerprint density at radius 2 is 1.97 bits per heavy atom. The average molecular weight is 516 g/mol. The van der Waals surface area contributed by atoms with E-state index < -0.39 is 0 Å². The number of carbonyl (C=O) groups is 2. The fourth-order valence-corrected chi connectivity index (χ4v) is 5.32. The number of aryl methyl sites for hydroxylation is 1. The van der Waals surface area contributed by atoms with Crippen molar-refractivity contribution in [1.82, 2.24) is 15.2 Å². The molecule has 8 heteroatoms. The molecule has 6 rings (SSSR count). The number of nitrogens with zero attached hydrogens (tertiary/aromatic N) is 2. The minimum atomic E-state index is -0.286. The monoisotopic (exact) mass is 515 g/mol. The maximum atomic E-state index is 13.2. The number of ether oxygens (including phenoxy) is 2. The molecule has 3 heterocycles. The lowest BCUT2D eigenvalue weighted by molar-refractivity contribution is -0.134. The minimum absolute atomic E-state index is 0.0666. The summed E-state index contributed by atoms with van der Waals surface area (Å²) >= 11 is 0. The molecule has 2 aromatic carbocycles. The van der Waals surface area contributed by atoms with Gasteiger partial charge in [0, 0.05) is 25.6 Å². The van der Waals surface area contributed by atoms with E-state index in [1.54, 1.807) is 0 Å². The molecular formula is C30H33N3O5. The summed E-state index contributed by atoms with van der Waals surface area (Å²) in [5.41, 5.74) is 4.83. The van der Waals surface area contributed by atoms with E-state index in [9.17, 15) is 9.59 Å². The van der Waals surface area contributed by atoms with E-state index in [2.05, 4.69) is 47.6 Å². The molecule has 0 bridgehead atoms. The first-order valence-electron chi connectivity index (χ1n) is 13.5. The average Bonchev–Trinajstić information content (AvgIpc) is 3.44.